The number of rotatable bonds is 6. The van der Waals surface area contributed by atoms with Gasteiger partial charge in [-0.3, -0.25) is 9.59 Å². The van der Waals surface area contributed by atoms with Gasteiger partial charge in [0.05, 0.1) is 29.5 Å². The van der Waals surface area contributed by atoms with Gasteiger partial charge in [0.15, 0.2) is 17.4 Å². The Morgan fingerprint density at radius 2 is 1.64 bits per heavy atom. The van der Waals surface area contributed by atoms with E-state index in [1.165, 1.54) is 35.1 Å². The van der Waals surface area contributed by atoms with Crippen molar-refractivity contribution < 1.29 is 37.0 Å². The molecule has 0 fully saturated rings. The lowest BCUT2D eigenvalue weighted by Crippen LogP contribution is -2.31. The van der Waals surface area contributed by atoms with Gasteiger partial charge in [-0.1, -0.05) is 12.1 Å². The summed E-state index contributed by atoms with van der Waals surface area (Å²) in [6.07, 6.45) is 2.01. The van der Waals surface area contributed by atoms with E-state index in [1.54, 1.807) is 31.3 Å². The number of hydrogen-bond donors (Lipinski definition) is 0. The molecule has 0 N–H and O–H groups in total. The highest BCUT2D eigenvalue weighted by atomic mass is 19.1. The van der Waals surface area contributed by atoms with Crippen molar-refractivity contribution in [3.05, 3.63) is 113 Å². The fourth-order valence-electron chi connectivity index (χ4n) is 4.84. The number of carbonyl (C=O) groups excluding carboxylic acids is 3. The molecule has 0 saturated carbocycles. The molecule has 3 heterocycles. The van der Waals surface area contributed by atoms with Crippen LogP contribution < -0.4 is 9.64 Å². The highest BCUT2D eigenvalue weighted by Gasteiger charge is 2.39. The van der Waals surface area contributed by atoms with Gasteiger partial charge in [0.25, 0.3) is 11.8 Å². The van der Waals surface area contributed by atoms with E-state index in [9.17, 15) is 27.6 Å². The first-order chi connectivity index (χ1) is 20.2. The predicted octanol–water partition coefficient (Wildman–Crippen LogP) is 5.57. The summed E-state index contributed by atoms with van der Waals surface area (Å²) < 4.78 is 56.2. The maximum atomic E-state index is 14.9. The average molecular weight is 572 g/mol. The molecule has 12 heteroatoms. The third kappa shape index (κ3) is 4.33. The second-order valence-corrected chi connectivity index (χ2v) is 9.35. The number of esters is 1. The zero-order chi connectivity index (χ0) is 29.7. The van der Waals surface area contributed by atoms with E-state index < -0.39 is 41.3 Å². The Labute approximate surface area is 235 Å². The number of ether oxygens (including phenoxy) is 2. The standard InChI is InChI=1S/C30H19F3N4O5/c1-15(20-13-21(30(40)41-2)22(32)14-24(20)36-9-5-8-34-36)42-25-11-16-10-17(31)12-23(33)26(16)35-27(25)37-28(38)18-6-3-4-7-19(18)29(37)39/h3-15H,1-2H3. The highest BCUT2D eigenvalue weighted by Crippen LogP contribution is 2.39. The van der Waals surface area contributed by atoms with E-state index in [0.29, 0.717) is 6.07 Å². The molecule has 0 aliphatic carbocycles. The number of benzene rings is 3. The van der Waals surface area contributed by atoms with Crippen LogP contribution in [-0.2, 0) is 4.74 Å². The molecule has 3 aromatic carbocycles. The summed E-state index contributed by atoms with van der Waals surface area (Å²) in [4.78, 5) is 44.0. The monoisotopic (exact) mass is 572 g/mol. The summed E-state index contributed by atoms with van der Waals surface area (Å²) in [5.41, 5.74) is 0.0376. The summed E-state index contributed by atoms with van der Waals surface area (Å²) >= 11 is 0. The van der Waals surface area contributed by atoms with Crippen LogP contribution in [0.4, 0.5) is 19.0 Å². The number of anilines is 1. The predicted molar refractivity (Wildman–Crippen MR) is 143 cm³/mol. The Hall–Kier alpha value is -5.52. The SMILES string of the molecule is COC(=O)c1cc(C(C)Oc2cc3cc(F)cc(F)c3nc2N2C(=O)c3ccccc3C2=O)c(-n2cccn2)cc1F. The van der Waals surface area contributed by atoms with E-state index in [-0.39, 0.29) is 50.4 Å². The maximum Gasteiger partial charge on any atom is 0.340 e. The van der Waals surface area contributed by atoms with Gasteiger partial charge in [0.2, 0.25) is 0 Å². The van der Waals surface area contributed by atoms with Gasteiger partial charge in [-0.05, 0) is 43.3 Å². The van der Waals surface area contributed by atoms with Crippen LogP contribution >= 0.6 is 0 Å². The van der Waals surface area contributed by atoms with E-state index >= 15 is 0 Å². The number of imide groups is 1. The molecule has 2 amide bonds. The second kappa shape index (κ2) is 10.1. The van der Waals surface area contributed by atoms with Crippen LogP contribution in [0.15, 0.2) is 73.1 Å². The first kappa shape index (κ1) is 26.7. The Morgan fingerprint density at radius 3 is 2.29 bits per heavy atom. The fraction of sp³-hybridized carbons (Fsp3) is 0.100. The molecule has 0 radical (unpaired) electrons. The lowest BCUT2D eigenvalue weighted by Gasteiger charge is -2.23. The largest absolute Gasteiger partial charge is 0.482 e. The van der Waals surface area contributed by atoms with Crippen LogP contribution in [0.2, 0.25) is 0 Å². The van der Waals surface area contributed by atoms with Crippen molar-refractivity contribution >= 4 is 34.5 Å². The Balaban J connectivity index is 1.52. The van der Waals surface area contributed by atoms with Gasteiger partial charge >= 0.3 is 5.97 Å². The first-order valence-electron chi connectivity index (χ1n) is 12.5. The molecule has 9 nitrogen and oxygen atoms in total. The number of fused-ring (bicyclic) bond motifs is 2. The van der Waals surface area contributed by atoms with Crippen molar-refractivity contribution in [3.8, 4) is 11.4 Å². The third-order valence-electron chi connectivity index (χ3n) is 6.80. The van der Waals surface area contributed by atoms with Gasteiger partial charge in [0.1, 0.15) is 23.3 Å². The molecule has 2 aromatic heterocycles. The van der Waals surface area contributed by atoms with Crippen molar-refractivity contribution in [1.29, 1.82) is 0 Å². The van der Waals surface area contributed by atoms with Gasteiger partial charge in [-0.2, -0.15) is 5.10 Å². The molecular formula is C30H19F3N4O5. The van der Waals surface area contributed by atoms with Crippen LogP contribution in [0.5, 0.6) is 5.75 Å². The summed E-state index contributed by atoms with van der Waals surface area (Å²) in [5, 5.41) is 4.14. The molecule has 0 bridgehead atoms. The first-order valence-corrected chi connectivity index (χ1v) is 12.5. The number of halogens is 3. The second-order valence-electron chi connectivity index (χ2n) is 9.35. The Kier molecular flexibility index (Phi) is 6.45. The van der Waals surface area contributed by atoms with Crippen molar-refractivity contribution in [3.63, 3.8) is 0 Å². The number of aromatic nitrogens is 3. The normalized spacial score (nSPS) is 13.4. The smallest absolute Gasteiger partial charge is 0.340 e. The van der Waals surface area contributed by atoms with Crippen LogP contribution in [0.25, 0.3) is 16.6 Å². The molecule has 210 valence electrons. The highest BCUT2D eigenvalue weighted by molar-refractivity contribution is 6.34. The van der Waals surface area contributed by atoms with Gasteiger partial charge in [-0.25, -0.2) is 32.5 Å². The minimum atomic E-state index is -1.01. The van der Waals surface area contributed by atoms with E-state index in [2.05, 4.69) is 10.1 Å². The van der Waals surface area contributed by atoms with Gasteiger partial charge < -0.3 is 9.47 Å². The lowest BCUT2D eigenvalue weighted by atomic mass is 10.0. The van der Waals surface area contributed by atoms with Crippen molar-refractivity contribution in [2.24, 2.45) is 0 Å². The molecule has 42 heavy (non-hydrogen) atoms. The molecule has 1 aliphatic rings. The van der Waals surface area contributed by atoms with Crippen LogP contribution in [-0.4, -0.2) is 39.7 Å². The Bertz CT molecular complexity index is 1890. The Morgan fingerprint density at radius 1 is 0.929 bits per heavy atom. The molecule has 1 aliphatic heterocycles. The molecular weight excluding hydrogens is 553 g/mol. The van der Waals surface area contributed by atoms with E-state index in [4.69, 9.17) is 9.47 Å². The quantitative estimate of drug-likeness (QED) is 0.194. The summed E-state index contributed by atoms with van der Waals surface area (Å²) in [6.45, 7) is 1.56. The molecule has 0 saturated heterocycles. The molecule has 0 spiro atoms. The number of carbonyl (C=O) groups is 3. The van der Waals surface area contributed by atoms with E-state index in [1.807, 2.05) is 0 Å². The number of hydrogen-bond acceptors (Lipinski definition) is 7. The lowest BCUT2D eigenvalue weighted by molar-refractivity contribution is 0.0594. The van der Waals surface area contributed by atoms with Crippen molar-refractivity contribution in [2.75, 3.05) is 12.0 Å². The maximum absolute atomic E-state index is 14.9. The zero-order valence-corrected chi connectivity index (χ0v) is 22.0. The topological polar surface area (TPSA) is 104 Å². The number of nitrogens with zero attached hydrogens (tertiary/aromatic N) is 4. The number of methoxy groups -OCH3 is 1. The average Bonchev–Trinajstić information content (AvgIpc) is 3.59. The minimum Gasteiger partial charge on any atom is -0.482 e. The van der Waals surface area contributed by atoms with Crippen molar-refractivity contribution in [2.45, 2.75) is 13.0 Å². The molecule has 1 unspecified atom stereocenters. The van der Waals surface area contributed by atoms with Crippen LogP contribution in [0.1, 0.15) is 49.7 Å². The summed E-state index contributed by atoms with van der Waals surface area (Å²) in [7, 11) is 1.11. The summed E-state index contributed by atoms with van der Waals surface area (Å²) in [6, 6.07) is 13.0. The van der Waals surface area contributed by atoms with Crippen LogP contribution in [0.3, 0.4) is 0 Å². The minimum absolute atomic E-state index is 0.00304. The number of amides is 2. The third-order valence-corrected chi connectivity index (χ3v) is 6.80. The van der Waals surface area contributed by atoms with Gasteiger partial charge in [-0.15, -0.1) is 0 Å². The van der Waals surface area contributed by atoms with E-state index in [0.717, 1.165) is 24.1 Å². The number of pyridine rings is 1. The summed E-state index contributed by atoms with van der Waals surface area (Å²) in [5.74, 6) is -5.62. The molecule has 6 rings (SSSR count). The van der Waals surface area contributed by atoms with Crippen molar-refractivity contribution in [1.82, 2.24) is 14.8 Å². The molecule has 5 aromatic rings. The van der Waals surface area contributed by atoms with Crippen LogP contribution in [0, 0.1) is 17.5 Å². The zero-order valence-electron chi connectivity index (χ0n) is 22.0. The fourth-order valence-corrected chi connectivity index (χ4v) is 4.84. The van der Waals surface area contributed by atoms with Gasteiger partial charge in [0, 0.05) is 35.5 Å². The molecule has 1 atom stereocenters.